The Labute approximate surface area is 114 Å². The lowest BCUT2D eigenvalue weighted by Crippen LogP contribution is -2.45. The molecule has 0 saturated heterocycles. The fourth-order valence-electron chi connectivity index (χ4n) is 2.45. The van der Waals surface area contributed by atoms with E-state index in [1.54, 1.807) is 0 Å². The van der Waals surface area contributed by atoms with Crippen LogP contribution in [0.4, 0.5) is 0 Å². The largest absolute Gasteiger partial charge is 0.480 e. The second kappa shape index (κ2) is 7.48. The van der Waals surface area contributed by atoms with Gasteiger partial charge in [0, 0.05) is 0 Å². The highest BCUT2D eigenvalue weighted by atomic mass is 16.5. The smallest absolute Gasteiger partial charge is 0.325 e. The van der Waals surface area contributed by atoms with Crippen LogP contribution in [0.2, 0.25) is 0 Å². The molecule has 0 heterocycles. The molecule has 1 amide bonds. The molecular formula is C14H25NO4. The minimum Gasteiger partial charge on any atom is -0.480 e. The van der Waals surface area contributed by atoms with Crippen LogP contribution >= 0.6 is 0 Å². The van der Waals surface area contributed by atoms with Gasteiger partial charge >= 0.3 is 5.97 Å². The van der Waals surface area contributed by atoms with E-state index in [0.717, 1.165) is 19.3 Å². The Hall–Kier alpha value is -1.10. The van der Waals surface area contributed by atoms with Crippen LogP contribution < -0.4 is 5.32 Å². The van der Waals surface area contributed by atoms with Crippen molar-refractivity contribution < 1.29 is 19.4 Å². The summed E-state index contributed by atoms with van der Waals surface area (Å²) in [5, 5.41) is 11.3. The predicted octanol–water partition coefficient (Wildman–Crippen LogP) is 1.95. The van der Waals surface area contributed by atoms with E-state index in [1.165, 1.54) is 13.3 Å². The molecule has 19 heavy (non-hydrogen) atoms. The monoisotopic (exact) mass is 271 g/mol. The summed E-state index contributed by atoms with van der Waals surface area (Å²) in [7, 11) is 0. The van der Waals surface area contributed by atoms with E-state index in [1.807, 2.05) is 6.92 Å². The van der Waals surface area contributed by atoms with Gasteiger partial charge in [0.25, 0.3) is 0 Å². The summed E-state index contributed by atoms with van der Waals surface area (Å²) in [5.41, 5.74) is 0. The second-order valence-electron chi connectivity index (χ2n) is 5.50. The molecule has 5 nitrogen and oxygen atoms in total. The average molecular weight is 271 g/mol. The highest BCUT2D eigenvalue weighted by Gasteiger charge is 2.27. The standard InChI is InChI=1S/C14H25NO4/c1-4-12(13(16)15-10(3)14(17)18)19-11-7-5-6-9(2)8-11/h9-12H,4-8H2,1-3H3,(H,15,16)(H,17,18)/t9?,10-,11?,12?/m1/s1. The maximum atomic E-state index is 11.9. The van der Waals surface area contributed by atoms with Gasteiger partial charge in [0.2, 0.25) is 5.91 Å². The van der Waals surface area contributed by atoms with Gasteiger partial charge in [-0.1, -0.05) is 26.7 Å². The molecule has 0 spiro atoms. The SMILES string of the molecule is CCC(OC1CCCC(C)C1)C(=O)N[C@H](C)C(=O)O. The Balaban J connectivity index is 2.47. The third kappa shape index (κ3) is 5.19. The van der Waals surface area contributed by atoms with E-state index in [9.17, 15) is 9.59 Å². The van der Waals surface area contributed by atoms with E-state index >= 15 is 0 Å². The number of aliphatic carboxylic acids is 1. The highest BCUT2D eigenvalue weighted by Crippen LogP contribution is 2.26. The van der Waals surface area contributed by atoms with Crippen LogP contribution in [-0.2, 0) is 14.3 Å². The third-order valence-corrected chi connectivity index (χ3v) is 3.64. The molecule has 2 N–H and O–H groups in total. The highest BCUT2D eigenvalue weighted by molar-refractivity contribution is 5.86. The van der Waals surface area contributed by atoms with E-state index in [0.29, 0.717) is 12.3 Å². The number of rotatable bonds is 6. The Bertz CT molecular complexity index is 319. The Morgan fingerprint density at radius 1 is 1.42 bits per heavy atom. The first-order valence-electron chi connectivity index (χ1n) is 7.12. The average Bonchev–Trinajstić information content (AvgIpc) is 2.35. The first kappa shape index (κ1) is 16.0. The first-order valence-corrected chi connectivity index (χ1v) is 7.12. The number of amides is 1. The van der Waals surface area contributed by atoms with Gasteiger partial charge in [-0.15, -0.1) is 0 Å². The Morgan fingerprint density at radius 3 is 2.63 bits per heavy atom. The first-order chi connectivity index (χ1) is 8.93. The van der Waals surface area contributed by atoms with Crippen LogP contribution in [0, 0.1) is 5.92 Å². The van der Waals surface area contributed by atoms with Crippen LogP contribution in [0.25, 0.3) is 0 Å². The number of nitrogens with one attached hydrogen (secondary N) is 1. The summed E-state index contributed by atoms with van der Waals surface area (Å²) < 4.78 is 5.85. The van der Waals surface area contributed by atoms with Gasteiger partial charge in [-0.05, 0) is 32.1 Å². The minimum absolute atomic E-state index is 0.125. The van der Waals surface area contributed by atoms with E-state index in [4.69, 9.17) is 9.84 Å². The van der Waals surface area contributed by atoms with Crippen molar-refractivity contribution >= 4 is 11.9 Å². The van der Waals surface area contributed by atoms with Gasteiger partial charge in [-0.2, -0.15) is 0 Å². The fourth-order valence-corrected chi connectivity index (χ4v) is 2.45. The minimum atomic E-state index is -1.03. The van der Waals surface area contributed by atoms with Crippen LogP contribution in [0.15, 0.2) is 0 Å². The summed E-state index contributed by atoms with van der Waals surface area (Å²) in [6.07, 6.45) is 4.47. The van der Waals surface area contributed by atoms with Gasteiger partial charge in [0.05, 0.1) is 6.10 Å². The Kier molecular flexibility index (Phi) is 6.28. The van der Waals surface area contributed by atoms with Crippen molar-refractivity contribution in [1.82, 2.24) is 5.32 Å². The molecule has 1 saturated carbocycles. The zero-order valence-electron chi connectivity index (χ0n) is 12.0. The van der Waals surface area contributed by atoms with Crippen LogP contribution in [0.1, 0.15) is 52.9 Å². The number of hydrogen-bond donors (Lipinski definition) is 2. The van der Waals surface area contributed by atoms with E-state index in [-0.39, 0.29) is 12.0 Å². The van der Waals surface area contributed by atoms with Gasteiger partial charge in [0.15, 0.2) is 0 Å². The quantitative estimate of drug-likeness (QED) is 0.774. The normalized spacial score (nSPS) is 26.5. The molecule has 110 valence electrons. The lowest BCUT2D eigenvalue weighted by Gasteiger charge is -2.30. The number of carbonyl (C=O) groups is 2. The molecular weight excluding hydrogens is 246 g/mol. The van der Waals surface area contributed by atoms with Crippen molar-refractivity contribution in [3.63, 3.8) is 0 Å². The molecule has 1 rings (SSSR count). The predicted molar refractivity (Wildman–Crippen MR) is 71.8 cm³/mol. The molecule has 0 aromatic heterocycles. The zero-order valence-corrected chi connectivity index (χ0v) is 12.0. The zero-order chi connectivity index (χ0) is 14.4. The second-order valence-corrected chi connectivity index (χ2v) is 5.50. The molecule has 1 aliphatic carbocycles. The lowest BCUT2D eigenvalue weighted by atomic mass is 9.88. The van der Waals surface area contributed by atoms with Gasteiger partial charge in [0.1, 0.15) is 12.1 Å². The van der Waals surface area contributed by atoms with Crippen molar-refractivity contribution in [1.29, 1.82) is 0 Å². The molecule has 5 heteroatoms. The number of carboxylic acid groups (broad SMARTS) is 1. The molecule has 0 bridgehead atoms. The number of ether oxygens (including phenoxy) is 1. The topological polar surface area (TPSA) is 75.6 Å². The van der Waals surface area contributed by atoms with Crippen LogP contribution in [-0.4, -0.2) is 35.2 Å². The van der Waals surface area contributed by atoms with E-state index < -0.39 is 18.1 Å². The maximum absolute atomic E-state index is 11.9. The summed E-state index contributed by atoms with van der Waals surface area (Å²) in [6.45, 7) is 5.53. The molecule has 0 aliphatic heterocycles. The summed E-state index contributed by atoms with van der Waals surface area (Å²) in [4.78, 5) is 22.7. The van der Waals surface area contributed by atoms with Crippen molar-refractivity contribution in [2.75, 3.05) is 0 Å². The molecule has 0 aromatic rings. The Morgan fingerprint density at radius 2 is 2.11 bits per heavy atom. The fraction of sp³-hybridized carbons (Fsp3) is 0.857. The molecule has 0 aromatic carbocycles. The maximum Gasteiger partial charge on any atom is 0.325 e. The molecule has 1 aliphatic rings. The lowest BCUT2D eigenvalue weighted by molar-refractivity contribution is -0.146. The summed E-state index contributed by atoms with van der Waals surface area (Å²) >= 11 is 0. The van der Waals surface area contributed by atoms with Crippen molar-refractivity contribution in [2.45, 2.75) is 71.1 Å². The third-order valence-electron chi connectivity index (χ3n) is 3.64. The van der Waals surface area contributed by atoms with E-state index in [2.05, 4.69) is 12.2 Å². The van der Waals surface area contributed by atoms with Crippen molar-refractivity contribution in [3.05, 3.63) is 0 Å². The molecule has 4 atom stereocenters. The molecule has 1 fully saturated rings. The van der Waals surface area contributed by atoms with Crippen molar-refractivity contribution in [2.24, 2.45) is 5.92 Å². The molecule has 0 radical (unpaired) electrons. The van der Waals surface area contributed by atoms with Crippen molar-refractivity contribution in [3.8, 4) is 0 Å². The van der Waals surface area contributed by atoms with Gasteiger partial charge in [-0.25, -0.2) is 0 Å². The number of hydrogen-bond acceptors (Lipinski definition) is 3. The molecule has 3 unspecified atom stereocenters. The number of carboxylic acids is 1. The van der Waals surface area contributed by atoms with Gasteiger partial charge < -0.3 is 15.2 Å². The summed E-state index contributed by atoms with van der Waals surface area (Å²) in [6, 6.07) is -0.879. The van der Waals surface area contributed by atoms with Crippen LogP contribution in [0.3, 0.4) is 0 Å². The van der Waals surface area contributed by atoms with Crippen LogP contribution in [0.5, 0.6) is 0 Å². The number of carbonyl (C=O) groups excluding carboxylic acids is 1. The summed E-state index contributed by atoms with van der Waals surface area (Å²) in [5.74, 6) is -0.720. The van der Waals surface area contributed by atoms with Gasteiger partial charge in [-0.3, -0.25) is 9.59 Å².